The lowest BCUT2D eigenvalue weighted by Gasteiger charge is -2.28. The van der Waals surface area contributed by atoms with Crippen LogP contribution in [0, 0.1) is 0 Å². The van der Waals surface area contributed by atoms with Crippen LogP contribution in [0.4, 0.5) is 11.4 Å². The van der Waals surface area contributed by atoms with E-state index in [0.717, 1.165) is 16.1 Å². The molecule has 0 aliphatic carbocycles. The van der Waals surface area contributed by atoms with Crippen molar-refractivity contribution < 1.29 is 14.0 Å². The van der Waals surface area contributed by atoms with Crippen LogP contribution < -0.4 is 10.2 Å². The number of rotatable bonds is 5. The number of aryl methyl sites for hydroxylation is 1. The summed E-state index contributed by atoms with van der Waals surface area (Å²) in [5, 5.41) is 10.8. The maximum Gasteiger partial charge on any atom is 0.247 e. The normalized spacial score (nSPS) is 13.3. The van der Waals surface area contributed by atoms with Crippen molar-refractivity contribution in [3.05, 3.63) is 54.4 Å². The lowest BCUT2D eigenvalue weighted by Crippen LogP contribution is -2.41. The van der Waals surface area contributed by atoms with E-state index in [9.17, 15) is 9.59 Å². The molecule has 142 valence electrons. The molecule has 0 radical (unpaired) electrons. The van der Waals surface area contributed by atoms with Gasteiger partial charge in [-0.25, -0.2) is 0 Å². The first kappa shape index (κ1) is 18.2. The van der Waals surface area contributed by atoms with Crippen LogP contribution in [0.1, 0.15) is 12.8 Å². The number of anilines is 2. The van der Waals surface area contributed by atoms with Gasteiger partial charge < -0.3 is 14.6 Å². The summed E-state index contributed by atoms with van der Waals surface area (Å²) in [6.45, 7) is 1.92. The molecule has 2 amide bonds. The Kier molecular flexibility index (Phi) is 5.12. The highest BCUT2D eigenvalue weighted by Crippen LogP contribution is 2.34. The van der Waals surface area contributed by atoms with E-state index in [2.05, 4.69) is 15.5 Å². The van der Waals surface area contributed by atoms with Crippen molar-refractivity contribution in [3.63, 3.8) is 0 Å². The minimum absolute atomic E-state index is 0.0261. The minimum Gasteiger partial charge on any atom is -0.421 e. The molecule has 8 heteroatoms. The van der Waals surface area contributed by atoms with Gasteiger partial charge in [0.1, 0.15) is 6.54 Å². The smallest absolute Gasteiger partial charge is 0.247 e. The molecule has 2 aromatic carbocycles. The molecule has 28 heavy (non-hydrogen) atoms. The predicted molar refractivity (Wildman–Crippen MR) is 107 cm³/mol. The van der Waals surface area contributed by atoms with Crippen LogP contribution in [0.3, 0.4) is 0 Å². The zero-order chi connectivity index (χ0) is 19.5. The fourth-order valence-electron chi connectivity index (χ4n) is 2.88. The number of thioether (sulfide) groups is 1. The molecule has 0 atom stereocenters. The quantitative estimate of drug-likeness (QED) is 0.714. The van der Waals surface area contributed by atoms with Crippen LogP contribution >= 0.6 is 11.8 Å². The van der Waals surface area contributed by atoms with Gasteiger partial charge >= 0.3 is 0 Å². The summed E-state index contributed by atoms with van der Waals surface area (Å²) < 4.78 is 5.53. The fourth-order valence-corrected chi connectivity index (χ4v) is 3.82. The second-order valence-corrected chi connectivity index (χ2v) is 7.23. The monoisotopic (exact) mass is 394 g/mol. The van der Waals surface area contributed by atoms with Crippen molar-refractivity contribution in [1.82, 2.24) is 10.2 Å². The van der Waals surface area contributed by atoms with E-state index in [-0.39, 0.29) is 18.4 Å². The number of hydrogen-bond acceptors (Lipinski definition) is 6. The Morgan fingerprint density at radius 3 is 2.71 bits per heavy atom. The van der Waals surface area contributed by atoms with Gasteiger partial charge in [0.15, 0.2) is 0 Å². The largest absolute Gasteiger partial charge is 0.421 e. The zero-order valence-electron chi connectivity index (χ0n) is 15.2. The number of nitrogens with zero attached hydrogens (tertiary/aromatic N) is 3. The van der Waals surface area contributed by atoms with Crippen LogP contribution in [0.25, 0.3) is 11.5 Å². The SMILES string of the molecule is CCc1nnc(-c2ccc(NC(=O)CN3C(=O)CSc4ccccc43)cc2)o1. The average molecular weight is 394 g/mol. The molecule has 0 saturated carbocycles. The summed E-state index contributed by atoms with van der Waals surface area (Å²) >= 11 is 1.49. The van der Waals surface area contributed by atoms with Crippen molar-refractivity contribution >= 4 is 35.0 Å². The lowest BCUT2D eigenvalue weighted by molar-refractivity contribution is -0.120. The summed E-state index contributed by atoms with van der Waals surface area (Å²) in [5.74, 6) is 1.04. The van der Waals surface area contributed by atoms with Gasteiger partial charge in [-0.15, -0.1) is 22.0 Å². The third-order valence-corrected chi connectivity index (χ3v) is 5.34. The Morgan fingerprint density at radius 2 is 1.96 bits per heavy atom. The van der Waals surface area contributed by atoms with Gasteiger partial charge in [0.25, 0.3) is 0 Å². The second kappa shape index (κ2) is 7.85. The van der Waals surface area contributed by atoms with E-state index in [1.165, 1.54) is 16.7 Å². The molecule has 0 fully saturated rings. The molecule has 4 rings (SSSR count). The number of carbonyl (C=O) groups excluding carboxylic acids is 2. The summed E-state index contributed by atoms with van der Waals surface area (Å²) in [7, 11) is 0. The first-order chi connectivity index (χ1) is 13.6. The number of carbonyl (C=O) groups is 2. The van der Waals surface area contributed by atoms with Gasteiger partial charge in [0, 0.05) is 22.6 Å². The van der Waals surface area contributed by atoms with Gasteiger partial charge in [-0.2, -0.15) is 0 Å². The summed E-state index contributed by atoms with van der Waals surface area (Å²) in [6, 6.07) is 14.8. The Labute approximate surface area is 166 Å². The maximum absolute atomic E-state index is 12.5. The molecule has 7 nitrogen and oxygen atoms in total. The number of para-hydroxylation sites is 1. The third-order valence-electron chi connectivity index (χ3n) is 4.29. The highest BCUT2D eigenvalue weighted by Gasteiger charge is 2.26. The zero-order valence-corrected chi connectivity index (χ0v) is 16.0. The van der Waals surface area contributed by atoms with E-state index in [1.807, 2.05) is 31.2 Å². The Bertz CT molecular complexity index is 1020. The average Bonchev–Trinajstić information content (AvgIpc) is 3.20. The van der Waals surface area contributed by atoms with Crippen molar-refractivity contribution in [3.8, 4) is 11.5 Å². The standard InChI is InChI=1S/C20H18N4O3S/c1-2-18-22-23-20(27-18)13-7-9-14(10-8-13)21-17(25)11-24-15-5-3-4-6-16(15)28-12-19(24)26/h3-10H,2,11-12H2,1H3,(H,21,25). The Balaban J connectivity index is 1.43. The van der Waals surface area contributed by atoms with Crippen LogP contribution in [0.15, 0.2) is 57.8 Å². The van der Waals surface area contributed by atoms with Crippen molar-refractivity contribution in [1.29, 1.82) is 0 Å². The van der Waals surface area contributed by atoms with Crippen molar-refractivity contribution in [2.45, 2.75) is 18.2 Å². The topological polar surface area (TPSA) is 88.3 Å². The van der Waals surface area contributed by atoms with E-state index >= 15 is 0 Å². The Morgan fingerprint density at radius 1 is 1.18 bits per heavy atom. The molecule has 3 aromatic rings. The molecule has 0 unspecified atom stereocenters. The molecule has 0 saturated heterocycles. The lowest BCUT2D eigenvalue weighted by atomic mass is 10.2. The number of fused-ring (bicyclic) bond motifs is 1. The van der Waals surface area contributed by atoms with Gasteiger partial charge in [-0.3, -0.25) is 9.59 Å². The number of benzene rings is 2. The molecule has 1 N–H and O–H groups in total. The van der Waals surface area contributed by atoms with E-state index in [0.29, 0.717) is 29.6 Å². The first-order valence-corrected chi connectivity index (χ1v) is 9.87. The molecular formula is C20H18N4O3S. The Hall–Kier alpha value is -3.13. The van der Waals surface area contributed by atoms with Crippen LogP contribution in [-0.4, -0.2) is 34.3 Å². The minimum atomic E-state index is -0.256. The summed E-state index contributed by atoms with van der Waals surface area (Å²) in [6.07, 6.45) is 0.679. The van der Waals surface area contributed by atoms with Crippen molar-refractivity contribution in [2.24, 2.45) is 0 Å². The summed E-state index contributed by atoms with van der Waals surface area (Å²) in [5.41, 5.74) is 2.19. The second-order valence-electron chi connectivity index (χ2n) is 6.22. The highest BCUT2D eigenvalue weighted by molar-refractivity contribution is 8.00. The third kappa shape index (κ3) is 3.77. The van der Waals surface area contributed by atoms with E-state index < -0.39 is 0 Å². The molecule has 0 spiro atoms. The molecular weight excluding hydrogens is 376 g/mol. The maximum atomic E-state index is 12.5. The molecule has 1 aliphatic heterocycles. The molecule has 0 bridgehead atoms. The van der Waals surface area contributed by atoms with Crippen molar-refractivity contribution in [2.75, 3.05) is 22.5 Å². The van der Waals surface area contributed by atoms with Gasteiger partial charge in [0.2, 0.25) is 23.6 Å². The van der Waals surface area contributed by atoms with Gasteiger partial charge in [0.05, 0.1) is 11.4 Å². The number of nitrogens with one attached hydrogen (secondary N) is 1. The molecule has 1 aromatic heterocycles. The first-order valence-electron chi connectivity index (χ1n) is 8.89. The van der Waals surface area contributed by atoms with Crippen LogP contribution in [-0.2, 0) is 16.0 Å². The van der Waals surface area contributed by atoms with Crippen LogP contribution in [0.2, 0.25) is 0 Å². The highest BCUT2D eigenvalue weighted by atomic mass is 32.2. The van der Waals surface area contributed by atoms with Gasteiger partial charge in [-0.05, 0) is 36.4 Å². The number of hydrogen-bond donors (Lipinski definition) is 1. The molecule has 2 heterocycles. The number of amides is 2. The predicted octanol–water partition coefficient (Wildman–Crippen LogP) is 3.38. The summed E-state index contributed by atoms with van der Waals surface area (Å²) in [4.78, 5) is 27.3. The van der Waals surface area contributed by atoms with E-state index in [1.54, 1.807) is 24.3 Å². The molecule has 1 aliphatic rings. The fraction of sp³-hybridized carbons (Fsp3) is 0.200. The van der Waals surface area contributed by atoms with Crippen LogP contribution in [0.5, 0.6) is 0 Å². The van der Waals surface area contributed by atoms with E-state index in [4.69, 9.17) is 4.42 Å². The van der Waals surface area contributed by atoms with Gasteiger partial charge in [-0.1, -0.05) is 19.1 Å². The number of aromatic nitrogens is 2.